The molecule has 1 N–H and O–H groups in total. The number of hydrogen-bond acceptors (Lipinski definition) is 7. The van der Waals surface area contributed by atoms with Gasteiger partial charge in [-0.15, -0.1) is 21.5 Å². The molecule has 158 valence electrons. The molecule has 1 aromatic carbocycles. The number of thioether (sulfide) groups is 1. The van der Waals surface area contributed by atoms with Crippen molar-refractivity contribution in [3.63, 3.8) is 0 Å². The molecular formula is C18H17BrClN5O3S2. The summed E-state index contributed by atoms with van der Waals surface area (Å²) in [6, 6.07) is 6.17. The van der Waals surface area contributed by atoms with Crippen molar-refractivity contribution in [2.24, 2.45) is 0 Å². The molecule has 0 bridgehead atoms. The number of anilines is 1. The molecule has 3 aromatic rings. The van der Waals surface area contributed by atoms with E-state index in [1.54, 1.807) is 11.3 Å². The van der Waals surface area contributed by atoms with Crippen LogP contribution in [0.4, 0.5) is 11.4 Å². The minimum atomic E-state index is -0.592. The topological polar surface area (TPSA) is 103 Å². The summed E-state index contributed by atoms with van der Waals surface area (Å²) in [4.78, 5) is 25.0. The summed E-state index contributed by atoms with van der Waals surface area (Å²) < 4.78 is 3.02. The number of nitrogens with zero attached hydrogens (tertiary/aromatic N) is 4. The van der Waals surface area contributed by atoms with Gasteiger partial charge in [-0.1, -0.05) is 30.3 Å². The summed E-state index contributed by atoms with van der Waals surface area (Å²) in [7, 11) is 0. The molecule has 2 heterocycles. The van der Waals surface area contributed by atoms with Crippen molar-refractivity contribution in [1.29, 1.82) is 0 Å². The second kappa shape index (κ2) is 9.90. The average molecular weight is 531 g/mol. The van der Waals surface area contributed by atoms with Crippen LogP contribution in [-0.4, -0.2) is 31.3 Å². The van der Waals surface area contributed by atoms with Gasteiger partial charge in [0.15, 0.2) is 11.0 Å². The first-order valence-corrected chi connectivity index (χ1v) is 11.9. The van der Waals surface area contributed by atoms with Crippen molar-refractivity contribution in [1.82, 2.24) is 14.8 Å². The molecule has 0 unspecified atom stereocenters. The van der Waals surface area contributed by atoms with E-state index in [4.69, 9.17) is 11.6 Å². The fourth-order valence-corrected chi connectivity index (χ4v) is 5.56. The fourth-order valence-electron chi connectivity index (χ4n) is 2.68. The lowest BCUT2D eigenvalue weighted by Crippen LogP contribution is -2.14. The van der Waals surface area contributed by atoms with Crippen LogP contribution in [0.3, 0.4) is 0 Å². The normalized spacial score (nSPS) is 10.9. The van der Waals surface area contributed by atoms with Gasteiger partial charge in [-0.2, -0.15) is 0 Å². The Hall–Kier alpha value is -1.95. The van der Waals surface area contributed by atoms with Crippen molar-refractivity contribution >= 4 is 67.9 Å². The first kappa shape index (κ1) is 22.7. The van der Waals surface area contributed by atoms with Crippen LogP contribution in [0.25, 0.3) is 10.7 Å². The molecule has 30 heavy (non-hydrogen) atoms. The maximum Gasteiger partial charge on any atom is 0.289 e. The highest BCUT2D eigenvalue weighted by Gasteiger charge is 2.18. The molecule has 0 radical (unpaired) electrons. The highest BCUT2D eigenvalue weighted by atomic mass is 79.9. The van der Waals surface area contributed by atoms with Crippen LogP contribution >= 0.6 is 50.6 Å². The number of nitro groups is 1. The Bertz CT molecular complexity index is 1100. The van der Waals surface area contributed by atoms with Crippen LogP contribution in [0.15, 0.2) is 33.9 Å². The number of thiophene rings is 1. The largest absolute Gasteiger partial charge is 0.325 e. The Morgan fingerprint density at radius 3 is 2.77 bits per heavy atom. The molecule has 8 nitrogen and oxygen atoms in total. The summed E-state index contributed by atoms with van der Waals surface area (Å²) >= 11 is 12.3. The fraction of sp³-hybridized carbons (Fsp3) is 0.278. The lowest BCUT2D eigenvalue weighted by Gasteiger charge is -2.07. The smallest absolute Gasteiger partial charge is 0.289 e. The zero-order valence-electron chi connectivity index (χ0n) is 16.0. The van der Waals surface area contributed by atoms with Crippen LogP contribution in [0.2, 0.25) is 5.02 Å². The van der Waals surface area contributed by atoms with Gasteiger partial charge in [0, 0.05) is 27.6 Å². The predicted molar refractivity (Wildman–Crippen MR) is 124 cm³/mol. The van der Waals surface area contributed by atoms with Gasteiger partial charge in [-0.3, -0.25) is 14.9 Å². The van der Waals surface area contributed by atoms with Crippen LogP contribution in [0.5, 0.6) is 0 Å². The molecule has 1 amide bonds. The molecule has 0 aliphatic rings. The van der Waals surface area contributed by atoms with Crippen molar-refractivity contribution in [3.8, 4) is 10.7 Å². The van der Waals surface area contributed by atoms with E-state index < -0.39 is 4.92 Å². The molecule has 0 spiro atoms. The van der Waals surface area contributed by atoms with Crippen molar-refractivity contribution in [3.05, 3.63) is 48.8 Å². The maximum atomic E-state index is 12.3. The lowest BCUT2D eigenvalue weighted by molar-refractivity contribution is -0.384. The third kappa shape index (κ3) is 5.02. The number of benzene rings is 1. The van der Waals surface area contributed by atoms with Gasteiger partial charge in [0.25, 0.3) is 5.69 Å². The Kier molecular flexibility index (Phi) is 7.50. The zero-order chi connectivity index (χ0) is 21.8. The molecular weight excluding hydrogens is 514 g/mol. The maximum absolute atomic E-state index is 12.3. The molecule has 0 aliphatic heterocycles. The number of carbonyl (C=O) groups is 1. The third-order valence-electron chi connectivity index (χ3n) is 4.09. The van der Waals surface area contributed by atoms with Gasteiger partial charge >= 0.3 is 0 Å². The molecule has 12 heteroatoms. The van der Waals surface area contributed by atoms with Gasteiger partial charge in [-0.05, 0) is 47.5 Å². The standard InChI is InChI=1S/C18H17BrClN5O3S2/c1-3-14-11(19)8-15(30-14)17-22-23-18(24(17)4-2)29-9-16(26)21-10-5-6-12(20)13(7-10)25(27)28/h5-8H,3-4,9H2,1-2H3,(H,21,26). The molecule has 0 atom stereocenters. The monoisotopic (exact) mass is 529 g/mol. The Balaban J connectivity index is 1.70. The summed E-state index contributed by atoms with van der Waals surface area (Å²) in [5.74, 6) is 0.540. The van der Waals surface area contributed by atoms with Crippen molar-refractivity contribution < 1.29 is 9.72 Å². The number of amides is 1. The molecule has 0 aliphatic carbocycles. The molecule has 3 rings (SSSR count). The predicted octanol–water partition coefficient (Wildman–Crippen LogP) is 5.64. The number of aromatic nitrogens is 3. The minimum absolute atomic E-state index is 0.0161. The second-order valence-corrected chi connectivity index (χ2v) is 9.39. The minimum Gasteiger partial charge on any atom is -0.325 e. The summed E-state index contributed by atoms with van der Waals surface area (Å²) in [6.07, 6.45) is 0.927. The van der Waals surface area contributed by atoms with Gasteiger partial charge in [-0.25, -0.2) is 0 Å². The van der Waals surface area contributed by atoms with E-state index in [0.29, 0.717) is 17.4 Å². The number of carbonyl (C=O) groups excluding carboxylic acids is 1. The molecule has 0 fully saturated rings. The lowest BCUT2D eigenvalue weighted by atomic mass is 10.3. The number of aryl methyl sites for hydroxylation is 1. The van der Waals surface area contributed by atoms with Crippen LogP contribution < -0.4 is 5.32 Å². The Morgan fingerprint density at radius 1 is 1.37 bits per heavy atom. The first-order chi connectivity index (χ1) is 14.3. The van der Waals surface area contributed by atoms with E-state index in [9.17, 15) is 14.9 Å². The van der Waals surface area contributed by atoms with Crippen LogP contribution in [0, 0.1) is 10.1 Å². The van der Waals surface area contributed by atoms with Gasteiger partial charge in [0.1, 0.15) is 5.02 Å². The highest BCUT2D eigenvalue weighted by molar-refractivity contribution is 9.10. The van der Waals surface area contributed by atoms with Crippen molar-refractivity contribution in [2.75, 3.05) is 11.1 Å². The summed E-state index contributed by atoms with van der Waals surface area (Å²) in [5.41, 5.74) is 0.0518. The molecule has 0 saturated heterocycles. The average Bonchev–Trinajstić information content (AvgIpc) is 3.29. The third-order valence-corrected chi connectivity index (χ3v) is 7.62. The van der Waals surface area contributed by atoms with Crippen LogP contribution in [0.1, 0.15) is 18.7 Å². The Morgan fingerprint density at radius 2 is 2.13 bits per heavy atom. The number of rotatable bonds is 8. The van der Waals surface area contributed by atoms with E-state index in [1.165, 1.54) is 34.8 Å². The van der Waals surface area contributed by atoms with Crippen molar-refractivity contribution in [2.45, 2.75) is 32.0 Å². The summed E-state index contributed by atoms with van der Waals surface area (Å²) in [6.45, 7) is 4.75. The first-order valence-electron chi connectivity index (χ1n) is 8.92. The summed E-state index contributed by atoms with van der Waals surface area (Å²) in [5, 5.41) is 22.8. The zero-order valence-corrected chi connectivity index (χ0v) is 20.0. The van der Waals surface area contributed by atoms with Crippen LogP contribution in [-0.2, 0) is 17.8 Å². The molecule has 2 aromatic heterocycles. The number of nitro benzene ring substituents is 1. The highest BCUT2D eigenvalue weighted by Crippen LogP contribution is 2.35. The number of halogens is 2. The molecule has 0 saturated carbocycles. The van der Waals surface area contributed by atoms with E-state index in [0.717, 1.165) is 21.6 Å². The number of nitrogens with one attached hydrogen (secondary N) is 1. The van der Waals surface area contributed by atoms with E-state index in [2.05, 4.69) is 38.4 Å². The van der Waals surface area contributed by atoms with Gasteiger partial charge < -0.3 is 9.88 Å². The van der Waals surface area contributed by atoms with Gasteiger partial charge in [0.05, 0.1) is 15.6 Å². The Labute approximate surface area is 194 Å². The SMILES string of the molecule is CCc1sc(-c2nnc(SCC(=O)Nc3ccc(Cl)c([N+](=O)[O-])c3)n2CC)cc1Br. The van der Waals surface area contributed by atoms with Gasteiger partial charge in [0.2, 0.25) is 5.91 Å². The number of hydrogen-bond donors (Lipinski definition) is 1. The quantitative estimate of drug-likeness (QED) is 0.229. The second-order valence-electron chi connectivity index (χ2n) is 6.05. The van der Waals surface area contributed by atoms with E-state index in [-0.39, 0.29) is 22.4 Å². The van der Waals surface area contributed by atoms with E-state index >= 15 is 0 Å². The van der Waals surface area contributed by atoms with E-state index in [1.807, 2.05) is 17.6 Å².